The van der Waals surface area contributed by atoms with Gasteiger partial charge in [-0.2, -0.15) is 0 Å². The van der Waals surface area contributed by atoms with E-state index in [4.69, 9.17) is 0 Å². The van der Waals surface area contributed by atoms with Crippen molar-refractivity contribution in [2.75, 3.05) is 32.1 Å². The average Bonchev–Trinajstić information content (AvgIpc) is 3.17. The molecule has 1 aliphatic heterocycles. The fourth-order valence-electron chi connectivity index (χ4n) is 3.20. The van der Waals surface area contributed by atoms with Gasteiger partial charge < -0.3 is 15.1 Å². The summed E-state index contributed by atoms with van der Waals surface area (Å²) in [6.07, 6.45) is 4.42. The van der Waals surface area contributed by atoms with E-state index in [-0.39, 0.29) is 5.82 Å². The lowest BCUT2D eigenvalue weighted by molar-refractivity contribution is 0.474. The molecule has 5 nitrogen and oxygen atoms in total. The Morgan fingerprint density at radius 2 is 2.04 bits per heavy atom. The van der Waals surface area contributed by atoms with Gasteiger partial charge in [0.25, 0.3) is 0 Å². The van der Waals surface area contributed by atoms with Crippen LogP contribution in [0, 0.1) is 5.82 Å². The molecule has 0 bridgehead atoms. The Labute approximate surface area is 154 Å². The number of hydrogen-bond acceptors (Lipinski definition) is 3. The predicted octanol–water partition coefficient (Wildman–Crippen LogP) is 3.03. The molecule has 1 saturated heterocycles. The molecule has 1 aliphatic rings. The van der Waals surface area contributed by atoms with Gasteiger partial charge in [0.1, 0.15) is 11.6 Å². The minimum absolute atomic E-state index is 0.219. The standard InChI is InChI=1S/C20H26FN5/c1-22-20(25(2)15-16-6-5-7-18(21)12-16)24-14-17-8-9-19(23-13-17)26-10-3-4-11-26/h5-9,12-13H,3-4,10-11,14-15H2,1-2H3,(H,22,24). The van der Waals surface area contributed by atoms with Gasteiger partial charge in [0, 0.05) is 46.5 Å². The summed E-state index contributed by atoms with van der Waals surface area (Å²) < 4.78 is 13.3. The van der Waals surface area contributed by atoms with Crippen molar-refractivity contribution in [3.05, 3.63) is 59.5 Å². The predicted molar refractivity (Wildman–Crippen MR) is 104 cm³/mol. The largest absolute Gasteiger partial charge is 0.357 e. The van der Waals surface area contributed by atoms with Crippen LogP contribution in [0.5, 0.6) is 0 Å². The van der Waals surface area contributed by atoms with Crippen LogP contribution in [0.15, 0.2) is 47.6 Å². The SMILES string of the molecule is CN=C(NCc1ccc(N2CCCC2)nc1)N(C)Cc1cccc(F)c1. The normalized spacial score (nSPS) is 14.6. The van der Waals surface area contributed by atoms with E-state index in [0.717, 1.165) is 36.0 Å². The highest BCUT2D eigenvalue weighted by molar-refractivity contribution is 5.79. The Bertz CT molecular complexity index is 738. The van der Waals surface area contributed by atoms with Crippen LogP contribution >= 0.6 is 0 Å². The summed E-state index contributed by atoms with van der Waals surface area (Å²) in [7, 11) is 3.69. The molecule has 2 aromatic rings. The van der Waals surface area contributed by atoms with E-state index in [0.29, 0.717) is 13.1 Å². The smallest absolute Gasteiger partial charge is 0.193 e. The first-order valence-electron chi connectivity index (χ1n) is 9.02. The molecule has 1 N–H and O–H groups in total. The Balaban J connectivity index is 1.54. The van der Waals surface area contributed by atoms with Crippen LogP contribution in [0.1, 0.15) is 24.0 Å². The summed E-state index contributed by atoms with van der Waals surface area (Å²) in [6, 6.07) is 10.8. The number of anilines is 1. The lowest BCUT2D eigenvalue weighted by atomic mass is 10.2. The van der Waals surface area contributed by atoms with Crippen molar-refractivity contribution in [3.63, 3.8) is 0 Å². The van der Waals surface area contributed by atoms with Crippen LogP contribution in [0.2, 0.25) is 0 Å². The summed E-state index contributed by atoms with van der Waals surface area (Å²) in [5.41, 5.74) is 2.01. The highest BCUT2D eigenvalue weighted by Gasteiger charge is 2.13. The van der Waals surface area contributed by atoms with Crippen LogP contribution in [-0.4, -0.2) is 43.0 Å². The van der Waals surface area contributed by atoms with E-state index in [1.54, 1.807) is 19.2 Å². The molecule has 0 spiro atoms. The van der Waals surface area contributed by atoms with Gasteiger partial charge in [0.15, 0.2) is 5.96 Å². The van der Waals surface area contributed by atoms with Gasteiger partial charge in [-0.25, -0.2) is 9.37 Å². The Hall–Kier alpha value is -2.63. The van der Waals surface area contributed by atoms with Gasteiger partial charge >= 0.3 is 0 Å². The number of pyridine rings is 1. The van der Waals surface area contributed by atoms with Gasteiger partial charge in [-0.3, -0.25) is 4.99 Å². The molecule has 0 unspecified atom stereocenters. The highest BCUT2D eigenvalue weighted by Crippen LogP contribution is 2.17. The molecule has 0 aliphatic carbocycles. The molecule has 3 rings (SSSR count). The lowest BCUT2D eigenvalue weighted by Crippen LogP contribution is -2.38. The van der Waals surface area contributed by atoms with Gasteiger partial charge in [0.2, 0.25) is 0 Å². The molecular weight excluding hydrogens is 329 g/mol. The third-order valence-corrected chi connectivity index (χ3v) is 4.57. The van der Waals surface area contributed by atoms with Gasteiger partial charge in [-0.05, 0) is 42.2 Å². The number of aliphatic imine (C=N–C) groups is 1. The zero-order valence-electron chi connectivity index (χ0n) is 15.5. The number of aromatic nitrogens is 1. The summed E-state index contributed by atoms with van der Waals surface area (Å²) in [5, 5.41) is 3.34. The molecule has 0 atom stereocenters. The van der Waals surface area contributed by atoms with Crippen molar-refractivity contribution in [2.45, 2.75) is 25.9 Å². The van der Waals surface area contributed by atoms with Crippen molar-refractivity contribution < 1.29 is 4.39 Å². The first kappa shape index (κ1) is 18.2. The van der Waals surface area contributed by atoms with Crippen LogP contribution in [0.4, 0.5) is 10.2 Å². The maximum absolute atomic E-state index is 13.3. The van der Waals surface area contributed by atoms with Crippen molar-refractivity contribution in [2.24, 2.45) is 4.99 Å². The zero-order valence-corrected chi connectivity index (χ0v) is 15.5. The first-order chi connectivity index (χ1) is 12.7. The molecule has 6 heteroatoms. The summed E-state index contributed by atoms with van der Waals surface area (Å²) in [6.45, 7) is 3.43. The summed E-state index contributed by atoms with van der Waals surface area (Å²) >= 11 is 0. The number of benzene rings is 1. The van der Waals surface area contributed by atoms with E-state index in [9.17, 15) is 4.39 Å². The summed E-state index contributed by atoms with van der Waals surface area (Å²) in [4.78, 5) is 13.2. The molecule has 0 radical (unpaired) electrons. The Kier molecular flexibility index (Phi) is 6.04. The molecule has 26 heavy (non-hydrogen) atoms. The Morgan fingerprint density at radius 1 is 1.23 bits per heavy atom. The zero-order chi connectivity index (χ0) is 18.4. The van der Waals surface area contributed by atoms with E-state index < -0.39 is 0 Å². The molecule has 1 aromatic carbocycles. The molecular formula is C20H26FN5. The van der Waals surface area contributed by atoms with Crippen molar-refractivity contribution in [3.8, 4) is 0 Å². The number of nitrogens with zero attached hydrogens (tertiary/aromatic N) is 4. The fourth-order valence-corrected chi connectivity index (χ4v) is 3.20. The third kappa shape index (κ3) is 4.71. The fraction of sp³-hybridized carbons (Fsp3) is 0.400. The number of halogens is 1. The van der Waals surface area contributed by atoms with Crippen molar-refractivity contribution in [1.82, 2.24) is 15.2 Å². The molecule has 1 fully saturated rings. The van der Waals surface area contributed by atoms with E-state index in [1.807, 2.05) is 24.2 Å². The van der Waals surface area contributed by atoms with Crippen LogP contribution in [0.25, 0.3) is 0 Å². The summed E-state index contributed by atoms with van der Waals surface area (Å²) in [5.74, 6) is 1.60. The number of hydrogen-bond donors (Lipinski definition) is 1. The van der Waals surface area contributed by atoms with Gasteiger partial charge in [0.05, 0.1) is 0 Å². The quantitative estimate of drug-likeness (QED) is 0.661. The monoisotopic (exact) mass is 355 g/mol. The number of rotatable bonds is 5. The van der Waals surface area contributed by atoms with E-state index in [2.05, 4.69) is 32.3 Å². The third-order valence-electron chi connectivity index (χ3n) is 4.57. The Morgan fingerprint density at radius 3 is 2.69 bits per heavy atom. The minimum atomic E-state index is -0.219. The van der Waals surface area contributed by atoms with Crippen molar-refractivity contribution in [1.29, 1.82) is 0 Å². The molecule has 0 amide bonds. The molecule has 2 heterocycles. The number of guanidine groups is 1. The lowest BCUT2D eigenvalue weighted by Gasteiger charge is -2.22. The minimum Gasteiger partial charge on any atom is -0.357 e. The maximum Gasteiger partial charge on any atom is 0.193 e. The van der Waals surface area contributed by atoms with Gasteiger partial charge in [-0.1, -0.05) is 18.2 Å². The second kappa shape index (κ2) is 8.65. The van der Waals surface area contributed by atoms with E-state index >= 15 is 0 Å². The van der Waals surface area contributed by atoms with E-state index in [1.165, 1.54) is 18.9 Å². The second-order valence-electron chi connectivity index (χ2n) is 6.61. The molecule has 1 aromatic heterocycles. The van der Waals surface area contributed by atoms with Crippen LogP contribution in [0.3, 0.4) is 0 Å². The topological polar surface area (TPSA) is 43.8 Å². The van der Waals surface area contributed by atoms with Gasteiger partial charge in [-0.15, -0.1) is 0 Å². The molecule has 138 valence electrons. The highest BCUT2D eigenvalue weighted by atomic mass is 19.1. The first-order valence-corrected chi connectivity index (χ1v) is 9.02. The van der Waals surface area contributed by atoms with Crippen LogP contribution < -0.4 is 10.2 Å². The van der Waals surface area contributed by atoms with Crippen LogP contribution in [-0.2, 0) is 13.1 Å². The molecule has 0 saturated carbocycles. The second-order valence-corrected chi connectivity index (χ2v) is 6.61. The number of nitrogens with one attached hydrogen (secondary N) is 1. The maximum atomic E-state index is 13.3. The van der Waals surface area contributed by atoms with Crippen molar-refractivity contribution >= 4 is 11.8 Å². The average molecular weight is 355 g/mol.